The number of nitrogens with zero attached hydrogens (tertiary/aromatic N) is 1. The highest BCUT2D eigenvalue weighted by Gasteiger charge is 2.14. The van der Waals surface area contributed by atoms with Gasteiger partial charge in [0.1, 0.15) is 5.69 Å². The lowest BCUT2D eigenvalue weighted by molar-refractivity contribution is 0.0959. The van der Waals surface area contributed by atoms with E-state index < -0.39 is 0 Å². The molecule has 0 radical (unpaired) electrons. The number of hydrogen-bond acceptors (Lipinski definition) is 2. The van der Waals surface area contributed by atoms with E-state index in [1.54, 1.807) is 6.07 Å². The third kappa shape index (κ3) is 3.47. The van der Waals surface area contributed by atoms with Crippen LogP contribution in [-0.4, -0.2) is 10.8 Å². The van der Waals surface area contributed by atoms with Crippen molar-refractivity contribution in [2.75, 3.05) is 0 Å². The Hall–Kier alpha value is -0.600. The first kappa shape index (κ1) is 12.5. The van der Waals surface area contributed by atoms with Crippen LogP contribution in [0.3, 0.4) is 0 Å². The molecular weight excluding hydrogens is 233 g/mol. The zero-order chi connectivity index (χ0) is 11.4. The maximum atomic E-state index is 11.8. The van der Waals surface area contributed by atoms with Crippen molar-refractivity contribution < 1.29 is 4.79 Å². The van der Waals surface area contributed by atoms with Crippen LogP contribution in [0.4, 0.5) is 0 Å². The van der Waals surface area contributed by atoms with E-state index in [0.717, 1.165) is 6.42 Å². The molecule has 1 atom stereocenters. The van der Waals surface area contributed by atoms with Gasteiger partial charge in [-0.3, -0.25) is 9.78 Å². The molecule has 0 saturated carbocycles. The van der Waals surface area contributed by atoms with Crippen molar-refractivity contribution in [2.24, 2.45) is 5.92 Å². The minimum atomic E-state index is -0.0222. The largest absolute Gasteiger partial charge is 0.292 e. The number of halogens is 2. The lowest BCUT2D eigenvalue weighted by atomic mass is 10.0. The van der Waals surface area contributed by atoms with Crippen LogP contribution in [0.1, 0.15) is 37.2 Å². The molecule has 0 aromatic carbocycles. The molecule has 0 amide bonds. The van der Waals surface area contributed by atoms with Crippen LogP contribution in [0.25, 0.3) is 0 Å². The smallest absolute Gasteiger partial charge is 0.182 e. The molecule has 15 heavy (non-hydrogen) atoms. The zero-order valence-electron chi connectivity index (χ0n) is 8.76. The summed E-state index contributed by atoms with van der Waals surface area (Å²) in [5.41, 5.74) is 0.321. The van der Waals surface area contributed by atoms with Crippen molar-refractivity contribution >= 4 is 29.0 Å². The van der Waals surface area contributed by atoms with Gasteiger partial charge in [-0.2, -0.15) is 0 Å². The number of pyridine rings is 1. The Balaban J connectivity index is 2.82. The van der Waals surface area contributed by atoms with E-state index >= 15 is 0 Å². The molecule has 0 fully saturated rings. The molecule has 0 N–H and O–H groups in total. The van der Waals surface area contributed by atoms with Gasteiger partial charge in [0.2, 0.25) is 0 Å². The van der Waals surface area contributed by atoms with E-state index in [-0.39, 0.29) is 5.78 Å². The summed E-state index contributed by atoms with van der Waals surface area (Å²) in [6.07, 6.45) is 2.89. The Bertz CT molecular complexity index is 366. The summed E-state index contributed by atoms with van der Waals surface area (Å²) >= 11 is 11.6. The predicted octanol–water partition coefficient (Wildman–Crippen LogP) is 4.01. The third-order valence-electron chi connectivity index (χ3n) is 2.30. The van der Waals surface area contributed by atoms with Gasteiger partial charge >= 0.3 is 0 Å². The average Bonchev–Trinajstić information content (AvgIpc) is 2.17. The van der Waals surface area contributed by atoms with Crippen LogP contribution < -0.4 is 0 Å². The van der Waals surface area contributed by atoms with Crippen LogP contribution in [0.5, 0.6) is 0 Å². The predicted molar refractivity (Wildman–Crippen MR) is 62.7 cm³/mol. The minimum absolute atomic E-state index is 0.0222. The van der Waals surface area contributed by atoms with Gasteiger partial charge < -0.3 is 0 Å². The molecule has 0 saturated heterocycles. The molecule has 4 heteroatoms. The van der Waals surface area contributed by atoms with E-state index in [1.165, 1.54) is 6.20 Å². The van der Waals surface area contributed by atoms with Gasteiger partial charge in [-0.15, -0.1) is 0 Å². The Morgan fingerprint density at radius 3 is 2.73 bits per heavy atom. The fourth-order valence-corrected chi connectivity index (χ4v) is 1.66. The molecule has 0 aliphatic carbocycles. The third-order valence-corrected chi connectivity index (χ3v) is 2.80. The Morgan fingerprint density at radius 2 is 2.20 bits per heavy atom. The second kappa shape index (κ2) is 5.47. The molecular formula is C11H13Cl2NO. The number of Topliss-reactive ketones (excluding diaryl/α,β-unsaturated/α-hetero) is 1. The summed E-state index contributed by atoms with van der Waals surface area (Å²) in [6.45, 7) is 4.08. The van der Waals surface area contributed by atoms with E-state index in [1.807, 2.05) is 6.92 Å². The van der Waals surface area contributed by atoms with Gasteiger partial charge in [-0.1, -0.05) is 43.5 Å². The fraction of sp³-hybridized carbons (Fsp3) is 0.455. The highest BCUT2D eigenvalue weighted by Crippen LogP contribution is 2.21. The molecule has 1 unspecified atom stereocenters. The lowest BCUT2D eigenvalue weighted by Gasteiger charge is -2.07. The summed E-state index contributed by atoms with van der Waals surface area (Å²) in [5, 5.41) is 0.774. The summed E-state index contributed by atoms with van der Waals surface area (Å²) in [6, 6.07) is 1.54. The second-order valence-electron chi connectivity index (χ2n) is 3.62. The SMILES string of the molecule is CCC(C)CC(=O)c1ncc(Cl)cc1Cl. The van der Waals surface area contributed by atoms with Crippen molar-refractivity contribution in [1.29, 1.82) is 0 Å². The first-order chi connectivity index (χ1) is 7.04. The maximum Gasteiger partial charge on any atom is 0.182 e. The Kier molecular flexibility index (Phi) is 4.55. The maximum absolute atomic E-state index is 11.8. The van der Waals surface area contributed by atoms with Gasteiger partial charge in [0.25, 0.3) is 0 Å². The Morgan fingerprint density at radius 1 is 1.53 bits per heavy atom. The van der Waals surface area contributed by atoms with Crippen LogP contribution in [0.15, 0.2) is 12.3 Å². The molecule has 0 spiro atoms. The van der Waals surface area contributed by atoms with Gasteiger partial charge in [0.15, 0.2) is 5.78 Å². The van der Waals surface area contributed by atoms with E-state index in [4.69, 9.17) is 23.2 Å². The van der Waals surface area contributed by atoms with Crippen molar-refractivity contribution in [3.63, 3.8) is 0 Å². The molecule has 0 aliphatic rings. The number of hydrogen-bond donors (Lipinski definition) is 0. The number of rotatable bonds is 4. The van der Waals surface area contributed by atoms with E-state index in [9.17, 15) is 4.79 Å². The van der Waals surface area contributed by atoms with Crippen molar-refractivity contribution in [1.82, 2.24) is 4.98 Å². The number of carbonyl (C=O) groups excluding carboxylic acids is 1. The molecule has 0 bridgehead atoms. The summed E-state index contributed by atoms with van der Waals surface area (Å²) in [5.74, 6) is 0.331. The normalized spacial score (nSPS) is 12.5. The summed E-state index contributed by atoms with van der Waals surface area (Å²) < 4.78 is 0. The van der Waals surface area contributed by atoms with Crippen LogP contribution in [0.2, 0.25) is 10.0 Å². The standard InChI is InChI=1S/C11H13Cl2NO/c1-3-7(2)4-10(15)11-9(13)5-8(12)6-14-11/h5-7H,3-4H2,1-2H3. The van der Waals surface area contributed by atoms with Crippen LogP contribution in [0, 0.1) is 5.92 Å². The van der Waals surface area contributed by atoms with Crippen LogP contribution in [-0.2, 0) is 0 Å². The van der Waals surface area contributed by atoms with Gasteiger partial charge in [0.05, 0.1) is 10.0 Å². The van der Waals surface area contributed by atoms with Crippen molar-refractivity contribution in [2.45, 2.75) is 26.7 Å². The highest BCUT2D eigenvalue weighted by atomic mass is 35.5. The number of carbonyl (C=O) groups is 1. The van der Waals surface area contributed by atoms with E-state index in [2.05, 4.69) is 11.9 Å². The number of aromatic nitrogens is 1. The quantitative estimate of drug-likeness (QED) is 0.751. The average molecular weight is 246 g/mol. The van der Waals surface area contributed by atoms with Crippen molar-refractivity contribution in [3.05, 3.63) is 28.0 Å². The topological polar surface area (TPSA) is 30.0 Å². The lowest BCUT2D eigenvalue weighted by Crippen LogP contribution is -2.07. The van der Waals surface area contributed by atoms with Gasteiger partial charge in [-0.05, 0) is 12.0 Å². The molecule has 1 heterocycles. The Labute approximate surface area is 99.6 Å². The second-order valence-corrected chi connectivity index (χ2v) is 4.47. The monoisotopic (exact) mass is 245 g/mol. The van der Waals surface area contributed by atoms with Crippen molar-refractivity contribution in [3.8, 4) is 0 Å². The summed E-state index contributed by atoms with van der Waals surface area (Å²) in [4.78, 5) is 15.7. The molecule has 2 nitrogen and oxygen atoms in total. The van der Waals surface area contributed by atoms with E-state index in [0.29, 0.717) is 28.1 Å². The molecule has 1 rings (SSSR count). The highest BCUT2D eigenvalue weighted by molar-refractivity contribution is 6.36. The van der Waals surface area contributed by atoms with Gasteiger partial charge in [0, 0.05) is 12.6 Å². The first-order valence-corrected chi connectivity index (χ1v) is 5.64. The fourth-order valence-electron chi connectivity index (χ4n) is 1.18. The minimum Gasteiger partial charge on any atom is -0.292 e. The molecule has 0 aliphatic heterocycles. The van der Waals surface area contributed by atoms with Crippen LogP contribution >= 0.6 is 23.2 Å². The molecule has 1 aromatic rings. The molecule has 1 aromatic heterocycles. The molecule has 82 valence electrons. The first-order valence-electron chi connectivity index (χ1n) is 4.88. The van der Waals surface area contributed by atoms with Gasteiger partial charge in [-0.25, -0.2) is 0 Å². The number of ketones is 1. The summed E-state index contributed by atoms with van der Waals surface area (Å²) in [7, 11) is 0. The zero-order valence-corrected chi connectivity index (χ0v) is 10.3.